The van der Waals surface area contributed by atoms with Gasteiger partial charge in [-0.05, 0) is 38.3 Å². The summed E-state index contributed by atoms with van der Waals surface area (Å²) in [7, 11) is 0. The van der Waals surface area contributed by atoms with Crippen LogP contribution in [0.5, 0.6) is 0 Å². The average Bonchev–Trinajstić information content (AvgIpc) is 3.45. The molecule has 0 aliphatic carbocycles. The van der Waals surface area contributed by atoms with Gasteiger partial charge in [0.2, 0.25) is 0 Å². The normalized spacial score (nSPS) is 21.6. The molecule has 0 bridgehead atoms. The molecule has 2 aliphatic rings. The van der Waals surface area contributed by atoms with Crippen LogP contribution in [0.2, 0.25) is 0 Å². The van der Waals surface area contributed by atoms with Crippen LogP contribution in [0.25, 0.3) is 5.52 Å². The highest BCUT2D eigenvalue weighted by atomic mass is 16.5. The van der Waals surface area contributed by atoms with E-state index in [0.717, 1.165) is 62.8 Å². The molecule has 2 atom stereocenters. The highest BCUT2D eigenvalue weighted by Crippen LogP contribution is 2.28. The van der Waals surface area contributed by atoms with Gasteiger partial charge in [-0.1, -0.05) is 30.3 Å². The maximum Gasteiger partial charge on any atom is 0.280 e. The van der Waals surface area contributed by atoms with Crippen LogP contribution in [-0.2, 0) is 4.74 Å². The van der Waals surface area contributed by atoms with Gasteiger partial charge in [0, 0.05) is 31.6 Å². The highest BCUT2D eigenvalue weighted by molar-refractivity contribution is 5.44. The molecular formula is C22H27N5O2. The number of benzene rings is 1. The Morgan fingerprint density at radius 3 is 2.62 bits per heavy atom. The molecule has 2 saturated heterocycles. The van der Waals surface area contributed by atoms with Crippen LogP contribution >= 0.6 is 0 Å². The van der Waals surface area contributed by atoms with E-state index < -0.39 is 0 Å². The number of hydrogen-bond acceptors (Lipinski definition) is 5. The van der Waals surface area contributed by atoms with Crippen molar-refractivity contribution in [1.82, 2.24) is 24.5 Å². The second kappa shape index (κ2) is 7.72. The Balaban J connectivity index is 1.68. The fourth-order valence-electron chi connectivity index (χ4n) is 4.63. The van der Waals surface area contributed by atoms with Gasteiger partial charge in [0.1, 0.15) is 11.6 Å². The lowest BCUT2D eigenvalue weighted by Crippen LogP contribution is -2.33. The molecule has 2 unspecified atom stereocenters. The quantitative estimate of drug-likeness (QED) is 0.737. The van der Waals surface area contributed by atoms with Gasteiger partial charge < -0.3 is 10.1 Å². The molecule has 0 spiro atoms. The number of ether oxygens (including phenoxy) is 1. The van der Waals surface area contributed by atoms with Crippen LogP contribution in [0.1, 0.15) is 61.3 Å². The molecule has 5 rings (SSSR count). The van der Waals surface area contributed by atoms with E-state index in [9.17, 15) is 4.79 Å². The first-order valence-corrected chi connectivity index (χ1v) is 10.6. The summed E-state index contributed by atoms with van der Waals surface area (Å²) in [6, 6.07) is 10.1. The Labute approximate surface area is 169 Å². The minimum atomic E-state index is -0.0850. The number of fused-ring (bicyclic) bond motifs is 1. The lowest BCUT2D eigenvalue weighted by molar-refractivity contribution is 0.0832. The number of imidazole rings is 1. The summed E-state index contributed by atoms with van der Waals surface area (Å²) < 4.78 is 9.21. The molecule has 2 aliphatic heterocycles. The van der Waals surface area contributed by atoms with E-state index in [4.69, 9.17) is 9.84 Å². The zero-order valence-corrected chi connectivity index (χ0v) is 16.8. The van der Waals surface area contributed by atoms with E-state index in [1.54, 1.807) is 6.20 Å². The molecule has 152 valence electrons. The van der Waals surface area contributed by atoms with Crippen LogP contribution in [0.15, 0.2) is 41.3 Å². The molecule has 2 aromatic heterocycles. The first kappa shape index (κ1) is 18.5. The molecule has 4 heterocycles. The average molecular weight is 393 g/mol. The fraction of sp³-hybridized carbons (Fsp3) is 0.500. The van der Waals surface area contributed by atoms with E-state index >= 15 is 0 Å². The summed E-state index contributed by atoms with van der Waals surface area (Å²) >= 11 is 0. The fourth-order valence-corrected chi connectivity index (χ4v) is 4.63. The molecule has 3 aromatic rings. The van der Waals surface area contributed by atoms with Gasteiger partial charge >= 0.3 is 0 Å². The Kier molecular flexibility index (Phi) is 4.93. The summed E-state index contributed by atoms with van der Waals surface area (Å²) in [4.78, 5) is 18.3. The van der Waals surface area contributed by atoms with E-state index in [1.807, 2.05) is 27.3 Å². The zero-order valence-electron chi connectivity index (χ0n) is 16.8. The maximum absolute atomic E-state index is 13.6. The number of nitrogens with zero attached hydrogens (tertiary/aromatic N) is 4. The number of hydrogen-bond donors (Lipinski definition) is 1. The monoisotopic (exact) mass is 393 g/mol. The molecule has 1 aromatic carbocycles. The van der Waals surface area contributed by atoms with Gasteiger partial charge in [0.25, 0.3) is 5.56 Å². The summed E-state index contributed by atoms with van der Waals surface area (Å²) in [5, 5.41) is 8.46. The Bertz CT molecular complexity index is 1050. The first-order chi connectivity index (χ1) is 14.2. The van der Waals surface area contributed by atoms with Gasteiger partial charge in [-0.15, -0.1) is 0 Å². The van der Waals surface area contributed by atoms with E-state index in [1.165, 1.54) is 0 Å². The molecule has 0 amide bonds. The lowest BCUT2D eigenvalue weighted by Gasteiger charge is -2.24. The van der Waals surface area contributed by atoms with Gasteiger partial charge in [-0.3, -0.25) is 9.36 Å². The standard InChI is InChI=1S/C22H27N5O2/c1-15(16-5-3-2-4-6-16)26-21(18-7-10-23-13-18)25-27-19(22(26)28)14-24-20(27)17-8-11-29-12-9-17/h2-6,14-15,17-18,23H,7-13H2,1H3. The van der Waals surface area contributed by atoms with Crippen molar-refractivity contribution in [3.63, 3.8) is 0 Å². The van der Waals surface area contributed by atoms with E-state index in [-0.39, 0.29) is 23.4 Å². The topological polar surface area (TPSA) is 73.5 Å². The molecule has 1 N–H and O–H groups in total. The van der Waals surface area contributed by atoms with Gasteiger partial charge in [0.05, 0.1) is 12.2 Å². The predicted molar refractivity (Wildman–Crippen MR) is 111 cm³/mol. The largest absolute Gasteiger partial charge is 0.381 e. The molecular weight excluding hydrogens is 366 g/mol. The third kappa shape index (κ3) is 3.28. The van der Waals surface area contributed by atoms with E-state index in [2.05, 4.69) is 29.4 Å². The number of nitrogens with one attached hydrogen (secondary N) is 1. The lowest BCUT2D eigenvalue weighted by atomic mass is 10.00. The van der Waals surface area contributed by atoms with Crippen LogP contribution < -0.4 is 10.9 Å². The van der Waals surface area contributed by atoms with Gasteiger partial charge in [0.15, 0.2) is 5.52 Å². The number of aromatic nitrogens is 4. The predicted octanol–water partition coefficient (Wildman–Crippen LogP) is 2.47. The first-order valence-electron chi connectivity index (χ1n) is 10.6. The molecule has 7 heteroatoms. The second-order valence-corrected chi connectivity index (χ2v) is 8.11. The van der Waals surface area contributed by atoms with Gasteiger partial charge in [-0.2, -0.15) is 5.10 Å². The summed E-state index contributed by atoms with van der Waals surface area (Å²) in [5.74, 6) is 2.26. The van der Waals surface area contributed by atoms with Crippen molar-refractivity contribution in [1.29, 1.82) is 0 Å². The van der Waals surface area contributed by atoms with E-state index in [0.29, 0.717) is 5.52 Å². The third-order valence-corrected chi connectivity index (χ3v) is 6.33. The zero-order chi connectivity index (χ0) is 19.8. The third-order valence-electron chi connectivity index (χ3n) is 6.33. The molecule has 29 heavy (non-hydrogen) atoms. The number of rotatable bonds is 4. The van der Waals surface area contributed by atoms with Crippen molar-refractivity contribution < 1.29 is 4.74 Å². The van der Waals surface area contributed by atoms with Crippen molar-refractivity contribution in [3.05, 3.63) is 64.1 Å². The van der Waals surface area contributed by atoms with Crippen molar-refractivity contribution >= 4 is 5.52 Å². The molecule has 0 radical (unpaired) electrons. The minimum absolute atomic E-state index is 0.0101. The SMILES string of the molecule is CC(c1ccccc1)n1c(C2CCNC2)nn2c(C3CCOCC3)ncc2c1=O. The molecule has 7 nitrogen and oxygen atoms in total. The Morgan fingerprint density at radius 1 is 1.10 bits per heavy atom. The molecule has 0 saturated carbocycles. The van der Waals surface area contributed by atoms with Crippen LogP contribution in [0, 0.1) is 0 Å². The second-order valence-electron chi connectivity index (χ2n) is 8.11. The minimum Gasteiger partial charge on any atom is -0.381 e. The van der Waals surface area contributed by atoms with Crippen molar-refractivity contribution in [2.45, 2.75) is 44.1 Å². The molecule has 2 fully saturated rings. The summed E-state index contributed by atoms with van der Waals surface area (Å²) in [6.45, 7) is 5.36. The highest BCUT2D eigenvalue weighted by Gasteiger charge is 2.29. The van der Waals surface area contributed by atoms with Crippen LogP contribution in [0.3, 0.4) is 0 Å². The van der Waals surface area contributed by atoms with Crippen LogP contribution in [0.4, 0.5) is 0 Å². The Morgan fingerprint density at radius 2 is 1.90 bits per heavy atom. The maximum atomic E-state index is 13.6. The Hall–Kier alpha value is -2.51. The van der Waals surface area contributed by atoms with Crippen molar-refractivity contribution in [2.24, 2.45) is 0 Å². The van der Waals surface area contributed by atoms with Gasteiger partial charge in [-0.25, -0.2) is 9.50 Å². The van der Waals surface area contributed by atoms with Crippen molar-refractivity contribution in [2.75, 3.05) is 26.3 Å². The summed E-state index contributed by atoms with van der Waals surface area (Å²) in [5.41, 5.74) is 1.66. The smallest absolute Gasteiger partial charge is 0.280 e. The van der Waals surface area contributed by atoms with Crippen LogP contribution in [-0.4, -0.2) is 45.5 Å². The summed E-state index contributed by atoms with van der Waals surface area (Å²) in [6.07, 6.45) is 4.53. The van der Waals surface area contributed by atoms with Crippen molar-refractivity contribution in [3.8, 4) is 0 Å².